The van der Waals surface area contributed by atoms with E-state index in [2.05, 4.69) is 46.5 Å². The molecule has 3 aromatic rings. The van der Waals surface area contributed by atoms with Crippen molar-refractivity contribution in [1.29, 1.82) is 0 Å². The first kappa shape index (κ1) is 24.6. The Morgan fingerprint density at radius 2 is 1.30 bits per heavy atom. The van der Waals surface area contributed by atoms with Crippen molar-refractivity contribution in [1.82, 2.24) is 10.2 Å². The molecular weight excluding hydrogens is 458 g/mol. The average molecular weight is 485 g/mol. The summed E-state index contributed by atoms with van der Waals surface area (Å²) in [6.07, 6.45) is 0.368. The van der Waals surface area contributed by atoms with Crippen LogP contribution in [0.2, 0.25) is 0 Å². The number of nitrogens with one attached hydrogen (secondary N) is 1. The highest BCUT2D eigenvalue weighted by molar-refractivity contribution is 7.95. The van der Waals surface area contributed by atoms with Gasteiger partial charge in [-0.15, -0.1) is 4.76 Å². The third kappa shape index (κ3) is 6.28. The topological polar surface area (TPSA) is 128 Å². The maximum absolute atomic E-state index is 12.8. The summed E-state index contributed by atoms with van der Waals surface area (Å²) in [5.74, 6) is -0.748. The molecule has 0 spiro atoms. The number of amides is 1. The fourth-order valence-corrected chi connectivity index (χ4v) is 7.86. The summed E-state index contributed by atoms with van der Waals surface area (Å²) in [5.41, 5.74) is 5.62. The van der Waals surface area contributed by atoms with Crippen LogP contribution in [0.5, 0.6) is 0 Å². The van der Waals surface area contributed by atoms with Gasteiger partial charge in [-0.3, -0.25) is 4.79 Å². The van der Waals surface area contributed by atoms with Crippen LogP contribution in [0.4, 0.5) is 0 Å². The lowest BCUT2D eigenvalue weighted by Gasteiger charge is -2.28. The van der Waals surface area contributed by atoms with Crippen LogP contribution in [-0.2, 0) is 9.36 Å². The van der Waals surface area contributed by atoms with Crippen molar-refractivity contribution in [3.05, 3.63) is 91.0 Å². The highest BCUT2D eigenvalue weighted by atomic mass is 31.2. The Hall–Kier alpha value is -3.02. The predicted molar refractivity (Wildman–Crippen MR) is 134 cm³/mol. The molecule has 0 fully saturated rings. The van der Waals surface area contributed by atoms with Crippen LogP contribution in [0.3, 0.4) is 0 Å². The van der Waals surface area contributed by atoms with Gasteiger partial charge in [0.15, 0.2) is 0 Å². The first-order valence-corrected chi connectivity index (χ1v) is 13.7. The number of likely N-dealkylation sites (N-methyl/N-ethyl adjacent to an activating group) is 1. The van der Waals surface area contributed by atoms with Gasteiger partial charge in [0, 0.05) is 7.05 Å². The number of carbonyl (C=O) groups excluding carboxylic acids is 1. The molecule has 0 aromatic heterocycles. The Morgan fingerprint density at radius 1 is 0.909 bits per heavy atom. The van der Waals surface area contributed by atoms with Crippen molar-refractivity contribution in [2.75, 3.05) is 19.9 Å². The minimum Gasteiger partial charge on any atom is -0.369 e. The van der Waals surface area contributed by atoms with E-state index in [0.717, 1.165) is 15.9 Å². The molecule has 0 atom stereocenters. The van der Waals surface area contributed by atoms with Crippen molar-refractivity contribution in [3.8, 4) is 0 Å². The van der Waals surface area contributed by atoms with Crippen molar-refractivity contribution >= 4 is 42.8 Å². The summed E-state index contributed by atoms with van der Waals surface area (Å²) in [6, 6.07) is 30.3. The van der Waals surface area contributed by atoms with Gasteiger partial charge in [0.25, 0.3) is 0 Å². The molecule has 3 rings (SSSR count). The zero-order chi connectivity index (χ0) is 23.9. The number of nitrogens with two attached hydrogens (primary N) is 1. The zero-order valence-corrected chi connectivity index (χ0v) is 19.9. The summed E-state index contributed by atoms with van der Waals surface area (Å²) < 4.78 is 14.2. The van der Waals surface area contributed by atoms with Crippen LogP contribution >= 0.6 is 15.0 Å². The highest BCUT2D eigenvalue weighted by Crippen LogP contribution is 2.54. The van der Waals surface area contributed by atoms with Gasteiger partial charge in [0.1, 0.15) is 29.5 Å². The van der Waals surface area contributed by atoms with Crippen molar-refractivity contribution in [3.63, 3.8) is 0 Å². The van der Waals surface area contributed by atoms with E-state index < -0.39 is 21.0 Å². The molecule has 0 heterocycles. The second-order valence-electron chi connectivity index (χ2n) is 7.40. The lowest BCUT2D eigenvalue weighted by atomic mass is 10.4. The van der Waals surface area contributed by atoms with Crippen LogP contribution in [-0.4, -0.2) is 46.4 Å². The monoisotopic (exact) mass is 485 g/mol. The fourth-order valence-electron chi connectivity index (χ4n) is 3.54. The molecule has 0 aliphatic heterocycles. The Morgan fingerprint density at radius 3 is 1.67 bits per heavy atom. The molecule has 0 bridgehead atoms. The van der Waals surface area contributed by atoms with E-state index in [1.165, 1.54) is 11.9 Å². The third-order valence-corrected chi connectivity index (χ3v) is 9.75. The Bertz CT molecular complexity index is 1040. The molecule has 0 aliphatic rings. The molecule has 8 nitrogen and oxygen atoms in total. The number of rotatable bonds is 8. The molecule has 172 valence electrons. The predicted octanol–water partition coefficient (Wildman–Crippen LogP) is 1.39. The summed E-state index contributed by atoms with van der Waals surface area (Å²) in [4.78, 5) is 32.0. The Labute approximate surface area is 193 Å². The number of hydrogen-bond donors (Lipinski definition) is 4. The van der Waals surface area contributed by atoms with Gasteiger partial charge < -0.3 is 25.7 Å². The quantitative estimate of drug-likeness (QED) is 0.217. The summed E-state index contributed by atoms with van der Waals surface area (Å²) in [5, 5.41) is 6.40. The van der Waals surface area contributed by atoms with E-state index in [9.17, 15) is 9.36 Å². The summed E-state index contributed by atoms with van der Waals surface area (Å²) in [7, 11) is -5.48. The fraction of sp³-hybridized carbons (Fsp3) is 0.130. The zero-order valence-electron chi connectivity index (χ0n) is 18.2. The van der Waals surface area contributed by atoms with E-state index in [4.69, 9.17) is 15.5 Å². The number of hydrogen-bond acceptors (Lipinski definition) is 2. The number of guanidine groups is 1. The van der Waals surface area contributed by atoms with Crippen LogP contribution in [0.1, 0.15) is 0 Å². The van der Waals surface area contributed by atoms with Crippen molar-refractivity contribution < 1.29 is 19.1 Å². The first-order valence-electron chi connectivity index (χ1n) is 10.2. The SMILES string of the molecule is CN(CC(=O)NC[P+](c1ccccc1)(c1ccccc1)c1ccccc1)C(N)=NP(=O)(O)O. The van der Waals surface area contributed by atoms with Crippen LogP contribution in [0.25, 0.3) is 0 Å². The normalized spacial score (nSPS) is 12.3. The van der Waals surface area contributed by atoms with E-state index in [1.807, 2.05) is 54.6 Å². The molecular formula is C23H27N4O4P2+. The second kappa shape index (κ2) is 10.7. The molecule has 0 aliphatic carbocycles. The lowest BCUT2D eigenvalue weighted by Crippen LogP contribution is -2.45. The standard InChI is InChI=1S/C23H26N4O4P2/c1-27(23(24)26-33(29,30)31)17-22(28)25-18-32(19-11-5-2-6-12-19,20-13-7-3-8-14-20)21-15-9-4-10-16-21/h2-16H,17-18H2,1H3,(H4-,24,25,26,28,29,30,31)/p+1. The summed E-state index contributed by atoms with van der Waals surface area (Å²) >= 11 is 0. The van der Waals surface area contributed by atoms with Crippen molar-refractivity contribution in [2.24, 2.45) is 10.5 Å². The van der Waals surface area contributed by atoms with Gasteiger partial charge in [-0.1, -0.05) is 54.6 Å². The largest absolute Gasteiger partial charge is 0.451 e. The molecule has 3 aromatic carbocycles. The smallest absolute Gasteiger partial charge is 0.369 e. The van der Waals surface area contributed by atoms with E-state index in [1.54, 1.807) is 0 Å². The van der Waals surface area contributed by atoms with Crippen molar-refractivity contribution in [2.45, 2.75) is 0 Å². The minimum absolute atomic E-state index is 0.201. The minimum atomic E-state index is -4.69. The van der Waals surface area contributed by atoms with E-state index >= 15 is 0 Å². The number of benzene rings is 3. The second-order valence-corrected chi connectivity index (χ2v) is 12.1. The van der Waals surface area contributed by atoms with Gasteiger partial charge in [-0.25, -0.2) is 4.57 Å². The van der Waals surface area contributed by atoms with Gasteiger partial charge in [-0.2, -0.15) is 0 Å². The molecule has 0 saturated heterocycles. The maximum Gasteiger partial charge on any atom is 0.451 e. The first-order chi connectivity index (χ1) is 15.7. The lowest BCUT2D eigenvalue weighted by molar-refractivity contribution is -0.120. The maximum atomic E-state index is 12.8. The van der Waals surface area contributed by atoms with Gasteiger partial charge in [0.2, 0.25) is 11.9 Å². The average Bonchev–Trinajstić information content (AvgIpc) is 2.80. The molecule has 5 N–H and O–H groups in total. The van der Waals surface area contributed by atoms with Crippen LogP contribution in [0.15, 0.2) is 95.8 Å². The Balaban J connectivity index is 1.95. The summed E-state index contributed by atoms with van der Waals surface area (Å²) in [6.45, 7) is -0.201. The number of nitrogens with zero attached hydrogens (tertiary/aromatic N) is 2. The third-order valence-electron chi connectivity index (χ3n) is 5.11. The molecule has 0 unspecified atom stereocenters. The molecule has 0 radical (unpaired) electrons. The molecule has 10 heteroatoms. The van der Waals surface area contributed by atoms with E-state index in [0.29, 0.717) is 6.29 Å². The molecule has 33 heavy (non-hydrogen) atoms. The van der Waals surface area contributed by atoms with Crippen LogP contribution < -0.4 is 27.0 Å². The van der Waals surface area contributed by atoms with Gasteiger partial charge in [-0.05, 0) is 36.4 Å². The van der Waals surface area contributed by atoms with Crippen LogP contribution in [0, 0.1) is 0 Å². The van der Waals surface area contributed by atoms with Gasteiger partial charge >= 0.3 is 7.75 Å². The van der Waals surface area contributed by atoms with Gasteiger partial charge in [0.05, 0.1) is 6.54 Å². The molecule has 1 amide bonds. The highest BCUT2D eigenvalue weighted by Gasteiger charge is 2.45. The van der Waals surface area contributed by atoms with E-state index in [-0.39, 0.29) is 12.5 Å². The Kier molecular flexibility index (Phi) is 8.01. The number of carbonyl (C=O) groups is 1. The molecule has 0 saturated carbocycles.